The summed E-state index contributed by atoms with van der Waals surface area (Å²) in [6.07, 6.45) is 2.35. The molecule has 35 heavy (non-hydrogen) atoms. The van der Waals surface area contributed by atoms with Gasteiger partial charge in [0.2, 0.25) is 5.91 Å². The van der Waals surface area contributed by atoms with Gasteiger partial charge in [-0.25, -0.2) is 0 Å². The van der Waals surface area contributed by atoms with Gasteiger partial charge in [0.25, 0.3) is 0 Å². The van der Waals surface area contributed by atoms with E-state index in [2.05, 4.69) is 60.5 Å². The molecule has 4 rings (SSSR count). The molecule has 0 radical (unpaired) electrons. The van der Waals surface area contributed by atoms with E-state index in [0.29, 0.717) is 19.6 Å². The van der Waals surface area contributed by atoms with Gasteiger partial charge in [0.05, 0.1) is 32.5 Å². The molecule has 2 aliphatic rings. The number of amides is 1. The summed E-state index contributed by atoms with van der Waals surface area (Å²) in [6.45, 7) is 10.2. The zero-order chi connectivity index (χ0) is 25.0. The van der Waals surface area contributed by atoms with Gasteiger partial charge in [-0.3, -0.25) is 9.69 Å². The summed E-state index contributed by atoms with van der Waals surface area (Å²) < 4.78 is 17.3. The second kappa shape index (κ2) is 11.1. The lowest BCUT2D eigenvalue weighted by Gasteiger charge is -2.44. The first-order valence-electron chi connectivity index (χ1n) is 12.8. The minimum atomic E-state index is -0.131. The molecule has 6 heteroatoms. The fraction of sp³-hybridized carbons (Fsp3) is 0.552. The lowest BCUT2D eigenvalue weighted by atomic mass is 9.71. The van der Waals surface area contributed by atoms with Crippen LogP contribution in [0.4, 0.5) is 0 Å². The molecule has 1 heterocycles. The number of rotatable bonds is 9. The number of benzene rings is 2. The predicted octanol–water partition coefficient (Wildman–Crippen LogP) is 4.46. The molecule has 0 bridgehead atoms. The van der Waals surface area contributed by atoms with Crippen molar-refractivity contribution in [1.29, 1.82) is 0 Å². The number of nitrogens with one attached hydrogen (secondary N) is 1. The monoisotopic (exact) mass is 480 g/mol. The Morgan fingerprint density at radius 3 is 2.49 bits per heavy atom. The van der Waals surface area contributed by atoms with Crippen LogP contribution in [0.5, 0.6) is 5.75 Å². The zero-order valence-electron chi connectivity index (χ0n) is 21.9. The van der Waals surface area contributed by atoms with Crippen molar-refractivity contribution in [1.82, 2.24) is 10.2 Å². The minimum absolute atomic E-state index is 0.0602. The molecule has 1 aliphatic heterocycles. The average molecular weight is 481 g/mol. The quantitative estimate of drug-likeness (QED) is 0.537. The summed E-state index contributed by atoms with van der Waals surface area (Å²) in [5, 5.41) is 3.28. The highest BCUT2D eigenvalue weighted by Gasteiger charge is 2.54. The summed E-state index contributed by atoms with van der Waals surface area (Å²) in [5.74, 6) is 1.01. The second-order valence-corrected chi connectivity index (χ2v) is 9.88. The van der Waals surface area contributed by atoms with Crippen molar-refractivity contribution < 1.29 is 19.0 Å². The number of carbonyl (C=O) groups is 1. The Labute approximate surface area is 209 Å². The van der Waals surface area contributed by atoms with Crippen LogP contribution in [0, 0.1) is 13.8 Å². The molecule has 0 saturated carbocycles. The normalized spacial score (nSPS) is 21.2. The van der Waals surface area contributed by atoms with E-state index in [1.807, 2.05) is 6.92 Å². The van der Waals surface area contributed by atoms with Crippen molar-refractivity contribution in [3.63, 3.8) is 0 Å². The first-order chi connectivity index (χ1) is 16.9. The average Bonchev–Trinajstić information content (AvgIpc) is 3.12. The number of hydrogen-bond acceptors (Lipinski definition) is 5. The standard InChI is InChI=1S/C29H40N2O4/c1-6-26(32)30-27-23-9-7-8-10-24(23)29(28(27)35-18-17-33-4)13-15-31(16-14-29)19-22-11-12-25(34-5)21(3)20(22)2/h7-12,27-28H,6,13-19H2,1-5H3,(H,30,32)/t27-,28+/m0/s1. The highest BCUT2D eigenvalue weighted by molar-refractivity contribution is 5.76. The fourth-order valence-electron chi connectivity index (χ4n) is 5.95. The third kappa shape index (κ3) is 4.97. The van der Waals surface area contributed by atoms with E-state index in [0.717, 1.165) is 38.2 Å². The number of piperidine rings is 1. The molecule has 1 fully saturated rings. The molecule has 1 aliphatic carbocycles. The van der Waals surface area contributed by atoms with Crippen molar-refractivity contribution in [3.8, 4) is 5.75 Å². The third-order valence-corrected chi connectivity index (χ3v) is 8.11. The molecule has 1 amide bonds. The molecule has 1 N–H and O–H groups in total. The lowest BCUT2D eigenvalue weighted by Crippen LogP contribution is -2.51. The molecular formula is C29H40N2O4. The van der Waals surface area contributed by atoms with Crippen molar-refractivity contribution >= 4 is 5.91 Å². The van der Waals surface area contributed by atoms with Crippen LogP contribution in [-0.4, -0.2) is 57.4 Å². The Balaban J connectivity index is 1.57. The maximum atomic E-state index is 12.5. The highest BCUT2D eigenvalue weighted by atomic mass is 16.5. The van der Waals surface area contributed by atoms with E-state index in [9.17, 15) is 4.79 Å². The van der Waals surface area contributed by atoms with Crippen LogP contribution in [0.1, 0.15) is 60.0 Å². The molecule has 6 nitrogen and oxygen atoms in total. The van der Waals surface area contributed by atoms with E-state index >= 15 is 0 Å². The number of ether oxygens (including phenoxy) is 3. The molecule has 0 unspecified atom stereocenters. The summed E-state index contributed by atoms with van der Waals surface area (Å²) in [7, 11) is 3.42. The van der Waals surface area contributed by atoms with Gasteiger partial charge < -0.3 is 19.5 Å². The van der Waals surface area contributed by atoms with Crippen LogP contribution < -0.4 is 10.1 Å². The molecule has 190 valence electrons. The van der Waals surface area contributed by atoms with Crippen molar-refractivity contribution in [3.05, 3.63) is 64.2 Å². The van der Waals surface area contributed by atoms with Gasteiger partial charge in [-0.2, -0.15) is 0 Å². The number of methoxy groups -OCH3 is 2. The van der Waals surface area contributed by atoms with Crippen molar-refractivity contribution in [2.45, 2.75) is 64.1 Å². The molecule has 1 saturated heterocycles. The van der Waals surface area contributed by atoms with Gasteiger partial charge >= 0.3 is 0 Å². The van der Waals surface area contributed by atoms with Crippen molar-refractivity contribution in [2.24, 2.45) is 0 Å². The number of fused-ring (bicyclic) bond motifs is 2. The Hall–Kier alpha value is -2.41. The third-order valence-electron chi connectivity index (χ3n) is 8.11. The Morgan fingerprint density at radius 1 is 1.06 bits per heavy atom. The van der Waals surface area contributed by atoms with Crippen LogP contribution in [-0.2, 0) is 26.2 Å². The van der Waals surface area contributed by atoms with Gasteiger partial charge in [0.15, 0.2) is 0 Å². The van der Waals surface area contributed by atoms with E-state index in [-0.39, 0.29) is 23.5 Å². The van der Waals surface area contributed by atoms with Crippen molar-refractivity contribution in [2.75, 3.05) is 40.5 Å². The summed E-state index contributed by atoms with van der Waals surface area (Å²) in [5.41, 5.74) is 6.29. The number of hydrogen-bond donors (Lipinski definition) is 1. The SMILES string of the molecule is CCC(=O)N[C@H]1c2ccccc2C2(CCN(Cc3ccc(OC)c(C)c3C)CC2)[C@@H]1OCCOC. The number of carbonyl (C=O) groups excluding carboxylic acids is 1. The second-order valence-electron chi connectivity index (χ2n) is 9.88. The maximum absolute atomic E-state index is 12.5. The van der Waals surface area contributed by atoms with Crippen LogP contribution in [0.25, 0.3) is 0 Å². The van der Waals surface area contributed by atoms with Gasteiger partial charge in [-0.15, -0.1) is 0 Å². The van der Waals surface area contributed by atoms with Crippen LogP contribution in [0.15, 0.2) is 36.4 Å². The highest BCUT2D eigenvalue weighted by Crippen LogP contribution is 2.52. The lowest BCUT2D eigenvalue weighted by molar-refractivity contribution is -0.124. The van der Waals surface area contributed by atoms with Gasteiger partial charge in [0.1, 0.15) is 5.75 Å². The van der Waals surface area contributed by atoms with Crippen LogP contribution >= 0.6 is 0 Å². The van der Waals surface area contributed by atoms with E-state index in [1.165, 1.54) is 27.8 Å². The summed E-state index contributed by atoms with van der Waals surface area (Å²) in [6, 6.07) is 12.7. The van der Waals surface area contributed by atoms with Crippen LogP contribution in [0.3, 0.4) is 0 Å². The molecule has 2 atom stereocenters. The maximum Gasteiger partial charge on any atom is 0.220 e. The minimum Gasteiger partial charge on any atom is -0.496 e. The largest absolute Gasteiger partial charge is 0.496 e. The summed E-state index contributed by atoms with van der Waals surface area (Å²) in [4.78, 5) is 15.0. The number of likely N-dealkylation sites (tertiary alicyclic amines) is 1. The molecule has 2 aromatic rings. The predicted molar refractivity (Wildman–Crippen MR) is 138 cm³/mol. The molecule has 2 aromatic carbocycles. The van der Waals surface area contributed by atoms with E-state index < -0.39 is 0 Å². The van der Waals surface area contributed by atoms with E-state index in [1.54, 1.807) is 14.2 Å². The Kier molecular flexibility index (Phi) is 8.15. The van der Waals surface area contributed by atoms with Gasteiger partial charge in [-0.05, 0) is 73.7 Å². The van der Waals surface area contributed by atoms with Gasteiger partial charge in [-0.1, -0.05) is 37.3 Å². The fourth-order valence-corrected chi connectivity index (χ4v) is 5.95. The topological polar surface area (TPSA) is 60.0 Å². The smallest absolute Gasteiger partial charge is 0.220 e. The Bertz CT molecular complexity index is 1030. The first-order valence-corrected chi connectivity index (χ1v) is 12.8. The molecular weight excluding hydrogens is 440 g/mol. The number of nitrogens with zero attached hydrogens (tertiary/aromatic N) is 1. The summed E-state index contributed by atoms with van der Waals surface area (Å²) >= 11 is 0. The zero-order valence-corrected chi connectivity index (χ0v) is 21.9. The van der Waals surface area contributed by atoms with Gasteiger partial charge in [0, 0.05) is 25.5 Å². The Morgan fingerprint density at radius 2 is 1.80 bits per heavy atom. The van der Waals surface area contributed by atoms with Crippen LogP contribution in [0.2, 0.25) is 0 Å². The molecule has 0 aromatic heterocycles. The first kappa shape index (κ1) is 25.7. The molecule has 1 spiro atoms. The van der Waals surface area contributed by atoms with E-state index in [4.69, 9.17) is 14.2 Å².